The normalized spacial score (nSPS) is 17.3. The smallest absolute Gasteiger partial charge is 0.407 e. The highest BCUT2D eigenvalue weighted by Gasteiger charge is 2.29. The molecule has 11 heteroatoms. The lowest BCUT2D eigenvalue weighted by Gasteiger charge is -2.39. The first-order valence-electron chi connectivity index (χ1n) is 14.2. The molecule has 228 valence electrons. The van der Waals surface area contributed by atoms with E-state index in [2.05, 4.69) is 32.4 Å². The third kappa shape index (κ3) is 7.74. The molecule has 0 saturated carbocycles. The minimum absolute atomic E-state index is 0.123. The number of hydrogen-bond acceptors (Lipinski definition) is 7. The summed E-state index contributed by atoms with van der Waals surface area (Å²) in [7, 11) is 0. The molecule has 43 heavy (non-hydrogen) atoms. The van der Waals surface area contributed by atoms with Gasteiger partial charge >= 0.3 is 6.09 Å². The number of aromatic nitrogens is 2. The second kappa shape index (κ2) is 12.5. The van der Waals surface area contributed by atoms with Gasteiger partial charge in [-0.2, -0.15) is 5.26 Å². The second-order valence-electron chi connectivity index (χ2n) is 12.5. The number of ether oxygens (including phenoxy) is 1. The predicted molar refractivity (Wildman–Crippen MR) is 159 cm³/mol. The monoisotopic (exact) mass is 594 g/mol. The van der Waals surface area contributed by atoms with Crippen LogP contribution in [0.3, 0.4) is 0 Å². The van der Waals surface area contributed by atoms with Crippen LogP contribution in [0.4, 0.5) is 29.3 Å². The highest BCUT2D eigenvalue weighted by molar-refractivity contribution is 5.71. The minimum atomic E-state index is -1.13. The van der Waals surface area contributed by atoms with Crippen LogP contribution in [0.25, 0.3) is 11.3 Å². The molecule has 2 aromatic heterocycles. The van der Waals surface area contributed by atoms with Crippen LogP contribution < -0.4 is 15.5 Å². The Bertz CT molecular complexity index is 1510. The van der Waals surface area contributed by atoms with Crippen molar-refractivity contribution in [3.05, 3.63) is 71.4 Å². The molecule has 0 unspecified atom stereocenters. The lowest BCUT2D eigenvalue weighted by molar-refractivity contribution is 0.0495. The van der Waals surface area contributed by atoms with Crippen LogP contribution in [0.15, 0.2) is 42.7 Å². The van der Waals surface area contributed by atoms with Crippen LogP contribution in [-0.2, 0) is 16.7 Å². The molecule has 1 aliphatic rings. The Morgan fingerprint density at radius 1 is 1.09 bits per heavy atom. The largest absolute Gasteiger partial charge is 0.444 e. The van der Waals surface area contributed by atoms with Crippen molar-refractivity contribution in [3.8, 4) is 17.3 Å². The van der Waals surface area contributed by atoms with Crippen LogP contribution in [0.2, 0.25) is 0 Å². The number of pyridine rings is 2. The van der Waals surface area contributed by atoms with Gasteiger partial charge in [0.15, 0.2) is 0 Å². The van der Waals surface area contributed by atoms with E-state index in [0.29, 0.717) is 17.9 Å². The van der Waals surface area contributed by atoms with E-state index in [9.17, 15) is 14.4 Å². The summed E-state index contributed by atoms with van der Waals surface area (Å²) in [6.07, 6.45) is 3.67. The first-order valence-corrected chi connectivity index (χ1v) is 14.2. The number of piperidine rings is 1. The summed E-state index contributed by atoms with van der Waals surface area (Å²) in [5.74, 6) is -2.59. The fraction of sp³-hybridized carbons (Fsp3) is 0.438. The summed E-state index contributed by atoms with van der Waals surface area (Å²) < 4.78 is 50.4. The molecule has 1 fully saturated rings. The van der Waals surface area contributed by atoms with Crippen molar-refractivity contribution in [2.75, 3.05) is 23.3 Å². The summed E-state index contributed by atoms with van der Waals surface area (Å²) in [4.78, 5) is 23.0. The number of carbonyl (C=O) groups excluding carboxylic acids is 1. The molecule has 0 spiro atoms. The first kappa shape index (κ1) is 31.6. The molecular weight excluding hydrogens is 557 g/mol. The first-order chi connectivity index (χ1) is 20.2. The average molecular weight is 595 g/mol. The molecule has 0 aliphatic carbocycles. The second-order valence-corrected chi connectivity index (χ2v) is 12.5. The summed E-state index contributed by atoms with van der Waals surface area (Å²) in [6.45, 7) is 12.1. The van der Waals surface area contributed by atoms with Gasteiger partial charge in [0, 0.05) is 25.3 Å². The molecule has 1 amide bonds. The SMILES string of the molecule is C[C@@H]1C[C@H](NC(=O)OC(C)(C)C)CN(c2ccncc2NCc2ccc(F)c(-c3c(F)cc(C(C)(C)C#N)cc3F)n2)C1. The quantitative estimate of drug-likeness (QED) is 0.313. The minimum Gasteiger partial charge on any atom is -0.444 e. The Hall–Kier alpha value is -4.33. The number of anilines is 2. The number of carbonyl (C=O) groups is 1. The fourth-order valence-electron chi connectivity index (χ4n) is 5.09. The zero-order chi connectivity index (χ0) is 31.5. The molecule has 0 radical (unpaired) electrons. The Morgan fingerprint density at radius 2 is 1.79 bits per heavy atom. The van der Waals surface area contributed by atoms with Gasteiger partial charge in [0.25, 0.3) is 0 Å². The third-order valence-electron chi connectivity index (χ3n) is 7.16. The standard InChI is InChI=1S/C32H37F3N6O2/c1-19-11-22(40-30(42)43-31(2,3)4)17-41(16-19)27-9-10-37-15-26(27)38-14-21-7-8-23(33)29(39-21)28-24(34)12-20(13-25(28)35)32(5,6)18-36/h7-10,12-13,15,19,22,38H,11,14,16-17H2,1-6H3,(H,40,42)/t19-,22+/m1/s1. The van der Waals surface area contributed by atoms with E-state index in [1.807, 2.05) is 32.9 Å². The zero-order valence-corrected chi connectivity index (χ0v) is 25.3. The maximum atomic E-state index is 15.1. The van der Waals surface area contributed by atoms with E-state index in [4.69, 9.17) is 4.74 Å². The van der Waals surface area contributed by atoms with E-state index in [-0.39, 0.29) is 24.1 Å². The van der Waals surface area contributed by atoms with E-state index in [1.165, 1.54) is 6.07 Å². The number of nitrogens with one attached hydrogen (secondary N) is 2. The van der Waals surface area contributed by atoms with Crippen LogP contribution in [0.5, 0.6) is 0 Å². The van der Waals surface area contributed by atoms with E-state index < -0.39 is 45.8 Å². The van der Waals surface area contributed by atoms with Crippen LogP contribution >= 0.6 is 0 Å². The number of nitriles is 1. The maximum absolute atomic E-state index is 15.1. The lowest BCUT2D eigenvalue weighted by Crippen LogP contribution is -2.51. The van der Waals surface area contributed by atoms with Crippen LogP contribution in [0, 0.1) is 34.7 Å². The van der Waals surface area contributed by atoms with E-state index in [1.54, 1.807) is 26.2 Å². The van der Waals surface area contributed by atoms with Gasteiger partial charge in [0.05, 0.1) is 46.9 Å². The molecule has 1 aromatic carbocycles. The number of amides is 1. The Labute approximate surface area is 250 Å². The number of hydrogen-bond donors (Lipinski definition) is 2. The number of nitrogens with zero attached hydrogens (tertiary/aromatic N) is 4. The van der Waals surface area contributed by atoms with Crippen LogP contribution in [0.1, 0.15) is 59.2 Å². The van der Waals surface area contributed by atoms with Gasteiger partial charge in [-0.05, 0) is 82.9 Å². The number of benzene rings is 1. The van der Waals surface area contributed by atoms with E-state index >= 15 is 8.78 Å². The van der Waals surface area contributed by atoms with Crippen molar-refractivity contribution in [2.24, 2.45) is 5.92 Å². The zero-order valence-electron chi connectivity index (χ0n) is 25.3. The Balaban J connectivity index is 1.53. The molecule has 1 aliphatic heterocycles. The van der Waals surface area contributed by atoms with Crippen molar-refractivity contribution < 1.29 is 22.7 Å². The molecule has 8 nitrogen and oxygen atoms in total. The van der Waals surface area contributed by atoms with Gasteiger partial charge in [0.1, 0.15) is 28.7 Å². The number of rotatable bonds is 7. The molecule has 3 aromatic rings. The molecule has 3 heterocycles. The topological polar surface area (TPSA) is 103 Å². The van der Waals surface area contributed by atoms with Crippen molar-refractivity contribution in [3.63, 3.8) is 0 Å². The highest BCUT2D eigenvalue weighted by Crippen LogP contribution is 2.33. The van der Waals surface area contributed by atoms with Gasteiger partial charge in [-0.25, -0.2) is 22.9 Å². The molecule has 1 saturated heterocycles. The predicted octanol–water partition coefficient (Wildman–Crippen LogP) is 6.71. The number of halogens is 3. The van der Waals surface area contributed by atoms with Crippen molar-refractivity contribution >= 4 is 17.5 Å². The van der Waals surface area contributed by atoms with Gasteiger partial charge in [-0.3, -0.25) is 4.98 Å². The van der Waals surface area contributed by atoms with Gasteiger partial charge in [-0.1, -0.05) is 6.92 Å². The molecular formula is C32H37F3N6O2. The number of alkyl carbamates (subject to hydrolysis) is 1. The van der Waals surface area contributed by atoms with Crippen LogP contribution in [-0.4, -0.2) is 40.8 Å². The maximum Gasteiger partial charge on any atom is 0.407 e. The summed E-state index contributed by atoms with van der Waals surface area (Å²) in [6, 6.07) is 8.39. The summed E-state index contributed by atoms with van der Waals surface area (Å²) >= 11 is 0. The van der Waals surface area contributed by atoms with E-state index in [0.717, 1.165) is 36.9 Å². The molecule has 2 N–H and O–H groups in total. The molecule has 0 bridgehead atoms. The molecule has 2 atom stereocenters. The molecule has 4 rings (SSSR count). The lowest BCUT2D eigenvalue weighted by atomic mass is 9.85. The van der Waals surface area contributed by atoms with Gasteiger partial charge in [-0.15, -0.1) is 0 Å². The average Bonchev–Trinajstić information content (AvgIpc) is 2.91. The Kier molecular flexibility index (Phi) is 9.18. The van der Waals surface area contributed by atoms with Gasteiger partial charge < -0.3 is 20.3 Å². The third-order valence-corrected chi connectivity index (χ3v) is 7.16. The van der Waals surface area contributed by atoms with Crippen molar-refractivity contribution in [2.45, 2.75) is 71.6 Å². The highest BCUT2D eigenvalue weighted by atomic mass is 19.1. The Morgan fingerprint density at radius 3 is 2.44 bits per heavy atom. The fourth-order valence-corrected chi connectivity index (χ4v) is 5.09. The van der Waals surface area contributed by atoms with Crippen molar-refractivity contribution in [1.82, 2.24) is 15.3 Å². The van der Waals surface area contributed by atoms with Gasteiger partial charge in [0.2, 0.25) is 0 Å². The summed E-state index contributed by atoms with van der Waals surface area (Å²) in [5.41, 5.74) is -0.747. The summed E-state index contributed by atoms with van der Waals surface area (Å²) in [5, 5.41) is 15.6. The van der Waals surface area contributed by atoms with Crippen molar-refractivity contribution in [1.29, 1.82) is 5.26 Å².